The molecule has 0 aromatic carbocycles. The van der Waals surface area contributed by atoms with Gasteiger partial charge in [0.25, 0.3) is 0 Å². The zero-order valence-corrected chi connectivity index (χ0v) is 36.9. The Labute approximate surface area is 351 Å². The lowest BCUT2D eigenvalue weighted by Gasteiger charge is -2.24. The monoisotopic (exact) mass is 794 g/mol. The minimum atomic E-state index is -0.805. The molecule has 6 heteroatoms. The van der Waals surface area contributed by atoms with E-state index in [9.17, 15) is 19.8 Å². The quantitative estimate of drug-likeness (QED) is 0.0326. The van der Waals surface area contributed by atoms with Crippen LogP contribution in [0.15, 0.2) is 85.1 Å². The van der Waals surface area contributed by atoms with Gasteiger partial charge in [-0.05, 0) is 89.9 Å². The molecule has 3 N–H and O–H groups in total. The fourth-order valence-electron chi connectivity index (χ4n) is 6.45. The Bertz CT molecular complexity index is 1120. The molecule has 326 valence electrons. The van der Waals surface area contributed by atoms with E-state index in [2.05, 4.69) is 105 Å². The second kappa shape index (κ2) is 44.1. The van der Waals surface area contributed by atoms with Crippen molar-refractivity contribution in [2.45, 2.75) is 219 Å². The molecule has 0 aromatic heterocycles. The first kappa shape index (κ1) is 54.0. The Kier molecular flexibility index (Phi) is 41.9. The summed E-state index contributed by atoms with van der Waals surface area (Å²) in [5.74, 6) is -0.601. The highest BCUT2D eigenvalue weighted by Gasteiger charge is 2.24. The largest absolute Gasteiger partial charge is 0.462 e. The van der Waals surface area contributed by atoms with Gasteiger partial charge < -0.3 is 20.3 Å². The van der Waals surface area contributed by atoms with Crippen molar-refractivity contribution in [3.63, 3.8) is 0 Å². The number of nitrogens with one attached hydrogen (secondary N) is 1. The lowest BCUT2D eigenvalue weighted by molar-refractivity contribution is -0.150. The summed E-state index contributed by atoms with van der Waals surface area (Å²) in [5.41, 5.74) is 0. The van der Waals surface area contributed by atoms with Gasteiger partial charge in [-0.1, -0.05) is 183 Å². The van der Waals surface area contributed by atoms with E-state index in [-0.39, 0.29) is 31.3 Å². The van der Waals surface area contributed by atoms with Gasteiger partial charge in [0, 0.05) is 6.42 Å². The van der Waals surface area contributed by atoms with E-state index >= 15 is 0 Å². The Hall–Kier alpha value is -2.96. The lowest BCUT2D eigenvalue weighted by Crippen LogP contribution is -2.46. The normalized spacial score (nSPS) is 14.1. The molecule has 57 heavy (non-hydrogen) atoms. The number of allylic oxidation sites excluding steroid dienone is 14. The number of carbonyl (C=O) groups is 2. The zero-order valence-electron chi connectivity index (χ0n) is 36.9. The molecule has 0 aromatic rings. The van der Waals surface area contributed by atoms with Crippen molar-refractivity contribution >= 4 is 11.9 Å². The third kappa shape index (κ3) is 39.6. The average Bonchev–Trinajstić information content (AvgIpc) is 3.20. The van der Waals surface area contributed by atoms with Gasteiger partial charge in [0.1, 0.15) is 6.10 Å². The molecular weight excluding hydrogens is 707 g/mol. The summed E-state index contributed by atoms with van der Waals surface area (Å²) in [6.07, 6.45) is 56.6. The van der Waals surface area contributed by atoms with Gasteiger partial charge in [-0.15, -0.1) is 0 Å². The summed E-state index contributed by atoms with van der Waals surface area (Å²) < 4.78 is 5.85. The van der Waals surface area contributed by atoms with Crippen LogP contribution in [0.4, 0.5) is 0 Å². The van der Waals surface area contributed by atoms with Crippen molar-refractivity contribution in [3.8, 4) is 0 Å². The number of hydrogen-bond donors (Lipinski definition) is 3. The maximum Gasteiger partial charge on any atom is 0.306 e. The van der Waals surface area contributed by atoms with Gasteiger partial charge >= 0.3 is 5.97 Å². The topological polar surface area (TPSA) is 95.9 Å². The molecule has 0 heterocycles. The van der Waals surface area contributed by atoms with E-state index in [4.69, 9.17) is 4.74 Å². The summed E-state index contributed by atoms with van der Waals surface area (Å²) in [6.45, 7) is 6.27. The van der Waals surface area contributed by atoms with Gasteiger partial charge in [0.15, 0.2) is 0 Å². The standard InChI is InChI=1S/C51H87NO5/c1-4-7-10-13-16-19-21-22-23-24-25-26-27-28-29-32-35-38-41-44-51(56)57-47(42-39-36-33-31-20-17-14-11-8-5-2)45-50(55)52-48(46-53)49(54)43-40-37-34-30-18-15-12-9-6-3/h7,10,16-17,19-20,22-23,25-26,28-29,35,38,47-49,53-54H,4-6,8-9,11-15,18,21,24,27,30-34,36-37,39-46H2,1-3H3,(H,52,55)/b10-7-,19-16-,20-17-,23-22-,26-25-,29-28-,38-35-. The van der Waals surface area contributed by atoms with Crippen molar-refractivity contribution in [2.75, 3.05) is 6.61 Å². The summed E-state index contributed by atoms with van der Waals surface area (Å²) in [6, 6.07) is -0.722. The lowest BCUT2D eigenvalue weighted by atomic mass is 10.0. The van der Waals surface area contributed by atoms with Crippen LogP contribution in [-0.2, 0) is 14.3 Å². The fraction of sp³-hybridized carbons (Fsp3) is 0.686. The Morgan fingerprint density at radius 3 is 1.47 bits per heavy atom. The second-order valence-corrected chi connectivity index (χ2v) is 15.4. The van der Waals surface area contributed by atoms with E-state index < -0.39 is 18.2 Å². The van der Waals surface area contributed by atoms with E-state index in [0.717, 1.165) is 89.9 Å². The van der Waals surface area contributed by atoms with Crippen molar-refractivity contribution in [2.24, 2.45) is 0 Å². The van der Waals surface area contributed by atoms with Crippen molar-refractivity contribution < 1.29 is 24.5 Å². The predicted molar refractivity (Wildman–Crippen MR) is 245 cm³/mol. The van der Waals surface area contributed by atoms with Crippen LogP contribution in [0.3, 0.4) is 0 Å². The van der Waals surface area contributed by atoms with E-state index in [0.29, 0.717) is 19.3 Å². The van der Waals surface area contributed by atoms with Crippen LogP contribution in [0.25, 0.3) is 0 Å². The van der Waals surface area contributed by atoms with Crippen LogP contribution in [-0.4, -0.2) is 46.9 Å². The van der Waals surface area contributed by atoms with Crippen LogP contribution in [0.5, 0.6) is 0 Å². The molecule has 0 saturated carbocycles. The van der Waals surface area contributed by atoms with Gasteiger partial charge in [0.2, 0.25) is 5.91 Å². The molecule has 0 aliphatic heterocycles. The van der Waals surface area contributed by atoms with Crippen molar-refractivity contribution in [1.29, 1.82) is 0 Å². The number of ether oxygens (including phenoxy) is 1. The number of aliphatic hydroxyl groups excluding tert-OH is 2. The van der Waals surface area contributed by atoms with Gasteiger partial charge in [-0.3, -0.25) is 9.59 Å². The first-order valence-corrected chi connectivity index (χ1v) is 23.3. The molecule has 0 fully saturated rings. The molecule has 3 atom stereocenters. The number of hydrogen-bond acceptors (Lipinski definition) is 5. The maximum absolute atomic E-state index is 13.1. The van der Waals surface area contributed by atoms with Crippen LogP contribution in [0.2, 0.25) is 0 Å². The smallest absolute Gasteiger partial charge is 0.306 e. The Balaban J connectivity index is 4.68. The SMILES string of the molecule is CC/C=C\C/C=C\C/C=C\C/C=C\C/C=C\C/C=C\CCC(=O)OC(CCCCC/C=C\CCCCC)CC(=O)NC(CO)C(O)CCCCCCCCCCC. The Morgan fingerprint density at radius 1 is 0.526 bits per heavy atom. The molecule has 0 aliphatic rings. The van der Waals surface area contributed by atoms with Crippen molar-refractivity contribution in [1.82, 2.24) is 5.32 Å². The summed E-state index contributed by atoms with van der Waals surface area (Å²) in [7, 11) is 0. The van der Waals surface area contributed by atoms with Crippen LogP contribution >= 0.6 is 0 Å². The third-order valence-electron chi connectivity index (χ3n) is 9.97. The van der Waals surface area contributed by atoms with E-state index in [1.807, 2.05) is 6.08 Å². The highest BCUT2D eigenvalue weighted by Crippen LogP contribution is 2.16. The van der Waals surface area contributed by atoms with Crippen LogP contribution in [0, 0.1) is 0 Å². The highest BCUT2D eigenvalue weighted by atomic mass is 16.5. The molecule has 0 bridgehead atoms. The number of amides is 1. The number of unbranched alkanes of at least 4 members (excludes halogenated alkanes) is 14. The average molecular weight is 794 g/mol. The third-order valence-corrected chi connectivity index (χ3v) is 9.97. The number of esters is 1. The van der Waals surface area contributed by atoms with Gasteiger partial charge in [-0.2, -0.15) is 0 Å². The molecular formula is C51H87NO5. The first-order chi connectivity index (χ1) is 28.0. The molecule has 3 unspecified atom stereocenters. The molecule has 0 rings (SSSR count). The predicted octanol–water partition coefficient (Wildman–Crippen LogP) is 13.6. The summed E-state index contributed by atoms with van der Waals surface area (Å²) >= 11 is 0. The molecule has 0 radical (unpaired) electrons. The molecule has 1 amide bonds. The fourth-order valence-corrected chi connectivity index (χ4v) is 6.45. The molecule has 6 nitrogen and oxygen atoms in total. The van der Waals surface area contributed by atoms with Crippen molar-refractivity contribution in [3.05, 3.63) is 85.1 Å². The van der Waals surface area contributed by atoms with E-state index in [1.165, 1.54) is 57.8 Å². The summed E-state index contributed by atoms with van der Waals surface area (Å²) in [4.78, 5) is 25.9. The zero-order chi connectivity index (χ0) is 41.7. The Morgan fingerprint density at radius 2 is 0.947 bits per heavy atom. The summed E-state index contributed by atoms with van der Waals surface area (Å²) in [5, 5.41) is 23.5. The number of rotatable bonds is 40. The minimum Gasteiger partial charge on any atom is -0.462 e. The highest BCUT2D eigenvalue weighted by molar-refractivity contribution is 5.77. The minimum absolute atomic E-state index is 0.0320. The van der Waals surface area contributed by atoms with Crippen LogP contribution < -0.4 is 5.32 Å². The van der Waals surface area contributed by atoms with Gasteiger partial charge in [-0.25, -0.2) is 0 Å². The first-order valence-electron chi connectivity index (χ1n) is 23.3. The number of aliphatic hydroxyl groups is 2. The van der Waals surface area contributed by atoms with Crippen LogP contribution in [0.1, 0.15) is 201 Å². The number of carbonyl (C=O) groups excluding carboxylic acids is 2. The second-order valence-electron chi connectivity index (χ2n) is 15.4. The maximum atomic E-state index is 13.1. The molecule has 0 aliphatic carbocycles. The van der Waals surface area contributed by atoms with E-state index in [1.54, 1.807) is 0 Å². The molecule has 0 spiro atoms. The van der Waals surface area contributed by atoms with Gasteiger partial charge in [0.05, 0.1) is 25.2 Å². The molecule has 0 saturated heterocycles.